The van der Waals surface area contributed by atoms with E-state index < -0.39 is 0 Å². The van der Waals surface area contributed by atoms with Crippen LogP contribution in [0, 0.1) is 0 Å². The molecule has 0 bridgehead atoms. The number of aromatic nitrogens is 4. The lowest BCUT2D eigenvalue weighted by atomic mass is 10.4. The van der Waals surface area contributed by atoms with E-state index in [0.717, 1.165) is 18.9 Å². The Hall–Kier alpha value is -2.04. The van der Waals surface area contributed by atoms with Gasteiger partial charge in [0.15, 0.2) is 5.82 Å². The van der Waals surface area contributed by atoms with Crippen LogP contribution >= 0.6 is 0 Å². The molecular weight excluding hydrogens is 214 g/mol. The Morgan fingerprint density at radius 3 is 2.65 bits per heavy atom. The minimum Gasteiger partial charge on any atom is -0.356 e. The Kier molecular flexibility index (Phi) is 2.65. The molecule has 86 valence electrons. The fourth-order valence-electron chi connectivity index (χ4n) is 2.01. The van der Waals surface area contributed by atoms with E-state index in [-0.39, 0.29) is 0 Å². The summed E-state index contributed by atoms with van der Waals surface area (Å²) in [5.74, 6) is 1.63. The van der Waals surface area contributed by atoms with Gasteiger partial charge in [-0.15, -0.1) is 0 Å². The molecule has 3 heterocycles. The minimum absolute atomic E-state index is 0.641. The summed E-state index contributed by atoms with van der Waals surface area (Å²) in [6.45, 7) is 2.16. The van der Waals surface area contributed by atoms with Crippen LogP contribution in [0.3, 0.4) is 0 Å². The fourth-order valence-corrected chi connectivity index (χ4v) is 2.01. The van der Waals surface area contributed by atoms with E-state index in [1.165, 1.54) is 12.8 Å². The van der Waals surface area contributed by atoms with Crippen molar-refractivity contribution in [3.8, 4) is 11.5 Å². The van der Waals surface area contributed by atoms with Gasteiger partial charge in [-0.05, 0) is 18.9 Å². The van der Waals surface area contributed by atoms with E-state index in [0.29, 0.717) is 11.5 Å². The van der Waals surface area contributed by atoms with Crippen LogP contribution in [0.25, 0.3) is 11.5 Å². The van der Waals surface area contributed by atoms with E-state index in [9.17, 15) is 0 Å². The first kappa shape index (κ1) is 10.1. The Morgan fingerprint density at radius 1 is 1.00 bits per heavy atom. The molecule has 2 aromatic rings. The summed E-state index contributed by atoms with van der Waals surface area (Å²) in [6, 6.07) is 1.95. The third-order valence-electron chi connectivity index (χ3n) is 2.86. The summed E-state index contributed by atoms with van der Waals surface area (Å²) in [7, 11) is 0. The Balaban J connectivity index is 1.94. The smallest absolute Gasteiger partial charge is 0.181 e. The molecule has 0 radical (unpaired) electrons. The predicted octanol–water partition coefficient (Wildman–Crippen LogP) is 1.53. The normalized spacial score (nSPS) is 15.2. The summed E-state index contributed by atoms with van der Waals surface area (Å²) in [5, 5.41) is 0. The quantitative estimate of drug-likeness (QED) is 0.778. The summed E-state index contributed by atoms with van der Waals surface area (Å²) in [6.07, 6.45) is 9.25. The molecule has 5 nitrogen and oxygen atoms in total. The zero-order valence-corrected chi connectivity index (χ0v) is 9.45. The lowest BCUT2D eigenvalue weighted by Crippen LogP contribution is -2.19. The zero-order chi connectivity index (χ0) is 11.5. The molecule has 5 heteroatoms. The van der Waals surface area contributed by atoms with Crippen molar-refractivity contribution in [1.29, 1.82) is 0 Å². The largest absolute Gasteiger partial charge is 0.356 e. The maximum Gasteiger partial charge on any atom is 0.181 e. The van der Waals surface area contributed by atoms with E-state index >= 15 is 0 Å². The molecule has 1 saturated heterocycles. The van der Waals surface area contributed by atoms with Crippen molar-refractivity contribution in [1.82, 2.24) is 19.9 Å². The number of anilines is 1. The van der Waals surface area contributed by atoms with Crippen LogP contribution in [0.5, 0.6) is 0 Å². The van der Waals surface area contributed by atoms with Crippen molar-refractivity contribution in [2.75, 3.05) is 18.0 Å². The molecule has 0 atom stereocenters. The third kappa shape index (κ3) is 2.08. The lowest BCUT2D eigenvalue weighted by molar-refractivity contribution is 0.927. The molecule has 0 amide bonds. The summed E-state index contributed by atoms with van der Waals surface area (Å²) in [5.41, 5.74) is 0.716. The second-order valence-electron chi connectivity index (χ2n) is 4.02. The van der Waals surface area contributed by atoms with Crippen molar-refractivity contribution in [2.24, 2.45) is 0 Å². The van der Waals surface area contributed by atoms with Crippen molar-refractivity contribution in [2.45, 2.75) is 12.8 Å². The molecule has 0 spiro atoms. The average molecular weight is 227 g/mol. The van der Waals surface area contributed by atoms with Crippen LogP contribution in [0.1, 0.15) is 12.8 Å². The molecule has 0 aliphatic carbocycles. The van der Waals surface area contributed by atoms with Crippen LogP contribution < -0.4 is 4.90 Å². The maximum absolute atomic E-state index is 4.54. The summed E-state index contributed by atoms with van der Waals surface area (Å²) < 4.78 is 0. The van der Waals surface area contributed by atoms with Crippen LogP contribution in [-0.2, 0) is 0 Å². The molecule has 2 aromatic heterocycles. The molecule has 17 heavy (non-hydrogen) atoms. The average Bonchev–Trinajstić information content (AvgIpc) is 2.94. The van der Waals surface area contributed by atoms with Gasteiger partial charge in [0.1, 0.15) is 11.5 Å². The molecule has 3 rings (SSSR count). The first-order chi connectivity index (χ1) is 8.43. The molecule has 0 N–H and O–H groups in total. The molecule has 1 aliphatic heterocycles. The predicted molar refractivity (Wildman–Crippen MR) is 64.5 cm³/mol. The molecule has 0 unspecified atom stereocenters. The van der Waals surface area contributed by atoms with Gasteiger partial charge in [0.25, 0.3) is 0 Å². The highest BCUT2D eigenvalue weighted by Crippen LogP contribution is 2.19. The van der Waals surface area contributed by atoms with Gasteiger partial charge in [0.2, 0.25) is 0 Å². The monoisotopic (exact) mass is 227 g/mol. The van der Waals surface area contributed by atoms with Crippen LogP contribution in [0.2, 0.25) is 0 Å². The van der Waals surface area contributed by atoms with Gasteiger partial charge in [0.05, 0.1) is 6.20 Å². The van der Waals surface area contributed by atoms with Gasteiger partial charge in [-0.1, -0.05) is 0 Å². The van der Waals surface area contributed by atoms with E-state index in [1.54, 1.807) is 24.8 Å². The lowest BCUT2D eigenvalue weighted by Gasteiger charge is -2.16. The first-order valence-corrected chi connectivity index (χ1v) is 5.78. The van der Waals surface area contributed by atoms with Gasteiger partial charge < -0.3 is 4.90 Å². The highest BCUT2D eigenvalue weighted by atomic mass is 15.2. The zero-order valence-electron chi connectivity index (χ0n) is 9.45. The van der Waals surface area contributed by atoms with Crippen molar-refractivity contribution in [3.63, 3.8) is 0 Å². The summed E-state index contributed by atoms with van der Waals surface area (Å²) in [4.78, 5) is 19.3. The number of nitrogens with zero attached hydrogens (tertiary/aromatic N) is 5. The Bertz CT molecular complexity index is 493. The first-order valence-electron chi connectivity index (χ1n) is 5.78. The van der Waals surface area contributed by atoms with Crippen LogP contribution in [0.4, 0.5) is 5.82 Å². The van der Waals surface area contributed by atoms with Gasteiger partial charge in [-0.25, -0.2) is 15.0 Å². The Labute approximate surface area is 99.6 Å². The molecule has 0 aromatic carbocycles. The molecule has 0 saturated carbocycles. The van der Waals surface area contributed by atoms with Crippen molar-refractivity contribution in [3.05, 3.63) is 30.9 Å². The van der Waals surface area contributed by atoms with E-state index in [4.69, 9.17) is 0 Å². The fraction of sp³-hybridized carbons (Fsp3) is 0.333. The van der Waals surface area contributed by atoms with Gasteiger partial charge in [-0.3, -0.25) is 4.98 Å². The van der Waals surface area contributed by atoms with Crippen molar-refractivity contribution < 1.29 is 0 Å². The molecule has 1 aliphatic rings. The summed E-state index contributed by atoms with van der Waals surface area (Å²) >= 11 is 0. The maximum atomic E-state index is 4.54. The second kappa shape index (κ2) is 4.45. The number of hydrogen-bond donors (Lipinski definition) is 0. The van der Waals surface area contributed by atoms with Crippen LogP contribution in [0.15, 0.2) is 30.9 Å². The van der Waals surface area contributed by atoms with Gasteiger partial charge in [0, 0.05) is 31.7 Å². The Morgan fingerprint density at radius 2 is 1.88 bits per heavy atom. The molecule has 1 fully saturated rings. The highest BCUT2D eigenvalue weighted by Gasteiger charge is 2.14. The topological polar surface area (TPSA) is 54.8 Å². The van der Waals surface area contributed by atoms with Gasteiger partial charge >= 0.3 is 0 Å². The SMILES string of the molecule is c1cnc(-c2nccc(N3CCCC3)n2)cn1. The van der Waals surface area contributed by atoms with E-state index in [2.05, 4.69) is 24.8 Å². The standard InChI is InChI=1S/C12H13N5/c1-2-8-17(7-1)11-3-4-15-12(16-11)10-9-13-5-6-14-10/h3-6,9H,1-2,7-8H2. The third-order valence-corrected chi connectivity index (χ3v) is 2.86. The number of rotatable bonds is 2. The highest BCUT2D eigenvalue weighted by molar-refractivity contribution is 5.51. The minimum atomic E-state index is 0.641. The van der Waals surface area contributed by atoms with Crippen LogP contribution in [-0.4, -0.2) is 33.0 Å². The van der Waals surface area contributed by atoms with Crippen molar-refractivity contribution >= 4 is 5.82 Å². The molecular formula is C12H13N5. The second-order valence-corrected chi connectivity index (χ2v) is 4.02. The van der Waals surface area contributed by atoms with Gasteiger partial charge in [-0.2, -0.15) is 0 Å². The number of hydrogen-bond acceptors (Lipinski definition) is 5. The van der Waals surface area contributed by atoms with E-state index in [1.807, 2.05) is 6.07 Å².